The third kappa shape index (κ3) is 4.31. The summed E-state index contributed by atoms with van der Waals surface area (Å²) < 4.78 is 23.3. The van der Waals surface area contributed by atoms with Crippen molar-refractivity contribution in [2.75, 3.05) is 38.8 Å². The molecule has 160 valence electrons. The monoisotopic (exact) mass is 426 g/mol. The van der Waals surface area contributed by atoms with E-state index >= 15 is 0 Å². The number of fused-ring (bicyclic) bond motifs is 2. The van der Waals surface area contributed by atoms with Crippen LogP contribution in [0.3, 0.4) is 0 Å². The number of ether oxygens (including phenoxy) is 2. The van der Waals surface area contributed by atoms with Crippen molar-refractivity contribution in [3.63, 3.8) is 0 Å². The molecule has 0 aliphatic carbocycles. The molecular formula is C24H30N2O3S. The molecule has 30 heavy (non-hydrogen) atoms. The number of methoxy groups -OCH3 is 1. The van der Waals surface area contributed by atoms with Crippen molar-refractivity contribution in [2.24, 2.45) is 0 Å². The Morgan fingerprint density at radius 3 is 2.83 bits per heavy atom. The Bertz CT molecular complexity index is 1000. The van der Waals surface area contributed by atoms with Crippen LogP contribution in [0.2, 0.25) is 0 Å². The quantitative estimate of drug-likeness (QED) is 0.551. The minimum atomic E-state index is -0.806. The van der Waals surface area contributed by atoms with Crippen molar-refractivity contribution < 1.29 is 14.0 Å². The van der Waals surface area contributed by atoms with E-state index < -0.39 is 11.2 Å². The van der Waals surface area contributed by atoms with Crippen molar-refractivity contribution >= 4 is 22.1 Å². The van der Waals surface area contributed by atoms with Gasteiger partial charge in [0.25, 0.3) is 0 Å². The average Bonchev–Trinajstić information content (AvgIpc) is 3.16. The molecule has 4 rings (SSSR count). The summed E-state index contributed by atoms with van der Waals surface area (Å²) in [5, 5.41) is 1.27. The van der Waals surface area contributed by atoms with Crippen molar-refractivity contribution in [2.45, 2.75) is 25.8 Å². The van der Waals surface area contributed by atoms with E-state index in [9.17, 15) is 4.55 Å². The van der Waals surface area contributed by atoms with Crippen LogP contribution in [-0.2, 0) is 24.0 Å². The number of rotatable bonds is 8. The number of hydrogen-bond acceptors (Lipinski definition) is 4. The highest BCUT2D eigenvalue weighted by Gasteiger charge is 2.30. The predicted molar refractivity (Wildman–Crippen MR) is 123 cm³/mol. The third-order valence-corrected chi connectivity index (χ3v) is 6.71. The van der Waals surface area contributed by atoms with Gasteiger partial charge in [0.2, 0.25) is 0 Å². The Hall–Kier alpha value is -2.15. The zero-order chi connectivity index (χ0) is 21.1. The second kappa shape index (κ2) is 9.33. The van der Waals surface area contributed by atoms with Crippen LogP contribution in [0.1, 0.15) is 29.7 Å². The first-order valence-electron chi connectivity index (χ1n) is 10.5. The second-order valence-electron chi connectivity index (χ2n) is 7.78. The molecule has 2 heterocycles. The number of H-pyrrole nitrogens is 1. The SMILES string of the molecule is CCOc1cc2c(cc1OC)CCN(CC[S+](C)[O-])C2Cc1c[nH]c2ccccc12. The highest BCUT2D eigenvalue weighted by atomic mass is 32.2. The van der Waals surface area contributed by atoms with E-state index in [2.05, 4.69) is 52.5 Å². The third-order valence-electron chi connectivity index (χ3n) is 5.95. The van der Waals surface area contributed by atoms with Crippen LogP contribution in [0.15, 0.2) is 42.6 Å². The van der Waals surface area contributed by atoms with E-state index in [1.807, 2.05) is 6.92 Å². The average molecular weight is 427 g/mol. The summed E-state index contributed by atoms with van der Waals surface area (Å²) in [5.41, 5.74) is 5.07. The molecule has 0 fully saturated rings. The van der Waals surface area contributed by atoms with E-state index in [0.29, 0.717) is 12.4 Å². The maximum atomic E-state index is 11.8. The maximum absolute atomic E-state index is 11.8. The minimum absolute atomic E-state index is 0.210. The number of aromatic amines is 1. The zero-order valence-electron chi connectivity index (χ0n) is 17.9. The van der Waals surface area contributed by atoms with Crippen molar-refractivity contribution in [3.8, 4) is 11.5 Å². The fraction of sp³-hybridized carbons (Fsp3) is 0.417. The Morgan fingerprint density at radius 2 is 2.07 bits per heavy atom. The van der Waals surface area contributed by atoms with E-state index in [1.54, 1.807) is 13.4 Å². The van der Waals surface area contributed by atoms with Gasteiger partial charge in [0.15, 0.2) is 11.5 Å². The summed E-state index contributed by atoms with van der Waals surface area (Å²) >= 11 is -0.806. The molecule has 1 aliphatic heterocycles. The van der Waals surface area contributed by atoms with Gasteiger partial charge < -0.3 is 19.0 Å². The van der Waals surface area contributed by atoms with Crippen LogP contribution in [-0.4, -0.2) is 53.3 Å². The van der Waals surface area contributed by atoms with Crippen LogP contribution in [0.5, 0.6) is 11.5 Å². The fourth-order valence-electron chi connectivity index (χ4n) is 4.45. The van der Waals surface area contributed by atoms with Gasteiger partial charge in [0.05, 0.1) is 20.0 Å². The van der Waals surface area contributed by atoms with Crippen molar-refractivity contribution in [1.29, 1.82) is 0 Å². The molecule has 3 aromatic rings. The summed E-state index contributed by atoms with van der Waals surface area (Å²) in [7, 11) is 1.69. The summed E-state index contributed by atoms with van der Waals surface area (Å²) in [6.45, 7) is 4.37. The Kier molecular flexibility index (Phi) is 6.56. The number of benzene rings is 2. The normalized spacial score (nSPS) is 17.7. The summed E-state index contributed by atoms with van der Waals surface area (Å²) in [4.78, 5) is 5.88. The van der Waals surface area contributed by atoms with E-state index in [4.69, 9.17) is 9.47 Å². The number of para-hydroxylation sites is 1. The van der Waals surface area contributed by atoms with Gasteiger partial charge in [-0.05, 0) is 54.7 Å². The molecule has 1 N–H and O–H groups in total. The molecule has 0 radical (unpaired) electrons. The van der Waals surface area contributed by atoms with Gasteiger partial charge in [-0.3, -0.25) is 4.90 Å². The minimum Gasteiger partial charge on any atom is -0.617 e. The highest BCUT2D eigenvalue weighted by molar-refractivity contribution is 7.90. The lowest BCUT2D eigenvalue weighted by atomic mass is 9.88. The predicted octanol–water partition coefficient (Wildman–Crippen LogP) is 4.10. The first kappa shape index (κ1) is 21.1. The van der Waals surface area contributed by atoms with Crippen LogP contribution >= 0.6 is 0 Å². The maximum Gasteiger partial charge on any atom is 0.161 e. The summed E-state index contributed by atoms with van der Waals surface area (Å²) in [6.07, 6.45) is 5.76. The lowest BCUT2D eigenvalue weighted by Crippen LogP contribution is -2.39. The molecule has 1 aromatic heterocycles. The smallest absolute Gasteiger partial charge is 0.161 e. The topological polar surface area (TPSA) is 60.6 Å². The number of aromatic nitrogens is 1. The Balaban J connectivity index is 1.73. The van der Waals surface area contributed by atoms with Gasteiger partial charge in [0, 0.05) is 36.2 Å². The Labute approximate surface area is 181 Å². The molecule has 2 atom stereocenters. The van der Waals surface area contributed by atoms with E-state index in [1.165, 1.54) is 22.1 Å². The largest absolute Gasteiger partial charge is 0.617 e. The van der Waals surface area contributed by atoms with E-state index in [0.717, 1.165) is 42.9 Å². The molecule has 0 amide bonds. The highest BCUT2D eigenvalue weighted by Crippen LogP contribution is 2.40. The molecular weight excluding hydrogens is 396 g/mol. The number of nitrogens with one attached hydrogen (secondary N) is 1. The van der Waals surface area contributed by atoms with E-state index in [-0.39, 0.29) is 6.04 Å². The lowest BCUT2D eigenvalue weighted by Gasteiger charge is -2.37. The number of nitrogens with zero attached hydrogens (tertiary/aromatic N) is 1. The van der Waals surface area contributed by atoms with Gasteiger partial charge in [0.1, 0.15) is 5.75 Å². The fourth-order valence-corrected chi connectivity index (χ4v) is 4.94. The first-order valence-corrected chi connectivity index (χ1v) is 12.3. The lowest BCUT2D eigenvalue weighted by molar-refractivity contribution is 0.194. The molecule has 2 unspecified atom stereocenters. The molecule has 0 saturated carbocycles. The first-order chi connectivity index (χ1) is 14.6. The molecule has 2 aromatic carbocycles. The summed E-state index contributed by atoms with van der Waals surface area (Å²) in [6, 6.07) is 12.9. The molecule has 6 heteroatoms. The molecule has 0 spiro atoms. The summed E-state index contributed by atoms with van der Waals surface area (Å²) in [5.74, 6) is 2.28. The van der Waals surface area contributed by atoms with Gasteiger partial charge in [-0.25, -0.2) is 0 Å². The second-order valence-corrected chi connectivity index (χ2v) is 9.33. The van der Waals surface area contributed by atoms with Gasteiger partial charge >= 0.3 is 0 Å². The van der Waals surface area contributed by atoms with Gasteiger partial charge in [-0.15, -0.1) is 0 Å². The van der Waals surface area contributed by atoms with Crippen molar-refractivity contribution in [1.82, 2.24) is 9.88 Å². The van der Waals surface area contributed by atoms with Crippen LogP contribution in [0.4, 0.5) is 0 Å². The Morgan fingerprint density at radius 1 is 1.23 bits per heavy atom. The zero-order valence-corrected chi connectivity index (χ0v) is 18.8. The standard InChI is InChI=1S/C24H30N2O3S/c1-4-29-24-15-20-17(14-23(24)28-2)9-10-26(11-12-30(3)27)22(20)13-18-16-25-21-8-6-5-7-19(18)21/h5-8,14-16,22,25H,4,9-13H2,1-3H3. The van der Waals surface area contributed by atoms with Gasteiger partial charge in [-0.2, -0.15) is 0 Å². The van der Waals surface area contributed by atoms with Crippen molar-refractivity contribution in [3.05, 3.63) is 59.3 Å². The van der Waals surface area contributed by atoms with Crippen LogP contribution in [0.25, 0.3) is 10.9 Å². The van der Waals surface area contributed by atoms with Crippen LogP contribution < -0.4 is 9.47 Å². The molecule has 0 bridgehead atoms. The number of hydrogen-bond donors (Lipinski definition) is 1. The van der Waals surface area contributed by atoms with Crippen LogP contribution in [0, 0.1) is 0 Å². The molecule has 0 saturated heterocycles. The molecule has 1 aliphatic rings. The van der Waals surface area contributed by atoms with Gasteiger partial charge in [-0.1, -0.05) is 29.4 Å². The molecule has 5 nitrogen and oxygen atoms in total.